The molecule has 1 fully saturated rings. The standard InChI is InChI=1S/C22H28FN7O2.C2H7N/c1-14-8-16(15-2-3-15)9-19(26-14)10-22(32)27-21(25)7-6-18(24)5-4-17(23)11-30-12-20(13-31)28-29-30;1-3-2/h6-9,12-13,15,17H,2-5,10-11,24-25H2,1H3,(H,27,32);3H,1-2H3/b18-6-,21-7+;. The lowest BCUT2D eigenvalue weighted by Gasteiger charge is -2.08. The quantitative estimate of drug-likeness (QED) is 0.276. The van der Waals surface area contributed by atoms with Crippen molar-refractivity contribution in [2.24, 2.45) is 11.5 Å². The Balaban J connectivity index is 0.00000137. The molecule has 1 atom stereocenters. The van der Waals surface area contributed by atoms with Gasteiger partial charge in [-0.25, -0.2) is 9.07 Å². The monoisotopic (exact) mass is 486 g/mol. The molecule has 35 heavy (non-hydrogen) atoms. The Morgan fingerprint density at radius 1 is 1.29 bits per heavy atom. The number of aryl methyl sites for hydroxylation is 1. The predicted molar refractivity (Wildman–Crippen MR) is 132 cm³/mol. The lowest BCUT2D eigenvalue weighted by atomic mass is 10.1. The zero-order valence-corrected chi connectivity index (χ0v) is 20.5. The maximum atomic E-state index is 14.1. The van der Waals surface area contributed by atoms with Crippen molar-refractivity contribution in [3.8, 4) is 0 Å². The molecule has 11 heteroatoms. The van der Waals surface area contributed by atoms with Crippen molar-refractivity contribution in [3.05, 3.63) is 64.6 Å². The van der Waals surface area contributed by atoms with Gasteiger partial charge in [0.15, 0.2) is 6.29 Å². The second-order valence-corrected chi connectivity index (χ2v) is 8.52. The van der Waals surface area contributed by atoms with E-state index in [1.165, 1.54) is 35.4 Å². The highest BCUT2D eigenvalue weighted by Crippen LogP contribution is 2.40. The average molecular weight is 487 g/mol. The Morgan fingerprint density at radius 3 is 2.63 bits per heavy atom. The fourth-order valence-electron chi connectivity index (χ4n) is 3.27. The molecular formula is C24H35FN8O2. The molecule has 190 valence electrons. The molecule has 1 saturated carbocycles. The van der Waals surface area contributed by atoms with Crippen LogP contribution in [0.25, 0.3) is 0 Å². The Kier molecular flexibility index (Phi) is 11.0. The van der Waals surface area contributed by atoms with Crippen molar-refractivity contribution in [1.29, 1.82) is 0 Å². The fourth-order valence-corrected chi connectivity index (χ4v) is 3.27. The minimum Gasteiger partial charge on any atom is -0.402 e. The van der Waals surface area contributed by atoms with Crippen LogP contribution in [0.1, 0.15) is 59.0 Å². The van der Waals surface area contributed by atoms with Crippen molar-refractivity contribution >= 4 is 12.2 Å². The normalized spacial score (nSPS) is 14.6. The van der Waals surface area contributed by atoms with E-state index in [-0.39, 0.29) is 36.8 Å². The van der Waals surface area contributed by atoms with Crippen LogP contribution in [0.4, 0.5) is 4.39 Å². The minimum atomic E-state index is -1.20. The van der Waals surface area contributed by atoms with Gasteiger partial charge in [0.05, 0.1) is 24.9 Å². The van der Waals surface area contributed by atoms with E-state index in [2.05, 4.69) is 32.0 Å². The SMILES string of the molecule is CNC.Cc1cc(C2CC2)cc(CC(=O)N/C(N)=C/C=C(\N)CCC(F)Cn2cc(C=O)nn2)n1. The van der Waals surface area contributed by atoms with Gasteiger partial charge in [0.2, 0.25) is 5.91 Å². The van der Waals surface area contributed by atoms with Crippen molar-refractivity contribution in [2.75, 3.05) is 14.1 Å². The van der Waals surface area contributed by atoms with Crippen LogP contribution in [-0.4, -0.2) is 52.4 Å². The summed E-state index contributed by atoms with van der Waals surface area (Å²) in [6.07, 6.45) is 6.71. The Labute approximate surface area is 205 Å². The van der Waals surface area contributed by atoms with E-state index >= 15 is 0 Å². The summed E-state index contributed by atoms with van der Waals surface area (Å²) in [5, 5.41) is 12.6. The molecule has 2 aromatic heterocycles. The number of amides is 1. The molecular weight excluding hydrogens is 451 g/mol. The van der Waals surface area contributed by atoms with E-state index in [0.717, 1.165) is 5.69 Å². The third kappa shape index (κ3) is 10.5. The first-order valence-electron chi connectivity index (χ1n) is 11.5. The van der Waals surface area contributed by atoms with Crippen LogP contribution >= 0.6 is 0 Å². The highest BCUT2D eigenvalue weighted by atomic mass is 19.1. The summed E-state index contributed by atoms with van der Waals surface area (Å²) in [4.78, 5) is 27.3. The van der Waals surface area contributed by atoms with Crippen LogP contribution in [0.5, 0.6) is 0 Å². The van der Waals surface area contributed by atoms with Crippen LogP contribution in [0.3, 0.4) is 0 Å². The summed E-state index contributed by atoms with van der Waals surface area (Å²) in [7, 11) is 3.75. The van der Waals surface area contributed by atoms with E-state index in [4.69, 9.17) is 11.5 Å². The maximum absolute atomic E-state index is 14.1. The van der Waals surface area contributed by atoms with Gasteiger partial charge in [-0.2, -0.15) is 0 Å². The highest BCUT2D eigenvalue weighted by Gasteiger charge is 2.24. The van der Waals surface area contributed by atoms with Gasteiger partial charge in [0.25, 0.3) is 0 Å². The zero-order valence-electron chi connectivity index (χ0n) is 20.5. The minimum absolute atomic E-state index is 0.0163. The third-order valence-corrected chi connectivity index (χ3v) is 4.99. The third-order valence-electron chi connectivity index (χ3n) is 4.99. The number of aldehydes is 1. The predicted octanol–water partition coefficient (Wildman–Crippen LogP) is 1.63. The van der Waals surface area contributed by atoms with Crippen molar-refractivity contribution in [3.63, 3.8) is 0 Å². The number of alkyl halides is 1. The number of nitrogens with zero attached hydrogens (tertiary/aromatic N) is 4. The van der Waals surface area contributed by atoms with Gasteiger partial charge in [0, 0.05) is 11.4 Å². The lowest BCUT2D eigenvalue weighted by Crippen LogP contribution is -2.29. The summed E-state index contributed by atoms with van der Waals surface area (Å²) in [6, 6.07) is 4.05. The number of carbonyl (C=O) groups excluding carboxylic acids is 2. The Hall–Kier alpha value is -3.60. The lowest BCUT2D eigenvalue weighted by molar-refractivity contribution is -0.119. The van der Waals surface area contributed by atoms with E-state index in [0.29, 0.717) is 30.0 Å². The largest absolute Gasteiger partial charge is 0.402 e. The summed E-state index contributed by atoms with van der Waals surface area (Å²) in [5.41, 5.74) is 15.2. The van der Waals surface area contributed by atoms with Gasteiger partial charge in [-0.1, -0.05) is 5.21 Å². The van der Waals surface area contributed by atoms with E-state index in [9.17, 15) is 14.0 Å². The van der Waals surface area contributed by atoms with E-state index in [1.807, 2.05) is 27.1 Å². The van der Waals surface area contributed by atoms with Crippen molar-refractivity contribution in [2.45, 2.75) is 57.7 Å². The number of allylic oxidation sites excluding steroid dienone is 3. The number of hydrogen-bond acceptors (Lipinski definition) is 8. The molecule has 1 amide bonds. The molecule has 0 radical (unpaired) electrons. The average Bonchev–Trinajstić information content (AvgIpc) is 3.56. The molecule has 0 aliphatic heterocycles. The first kappa shape index (κ1) is 27.6. The van der Waals surface area contributed by atoms with Gasteiger partial charge < -0.3 is 22.1 Å². The number of nitrogens with one attached hydrogen (secondary N) is 2. The van der Waals surface area contributed by atoms with E-state index < -0.39 is 6.17 Å². The Morgan fingerprint density at radius 2 is 2.00 bits per heavy atom. The summed E-state index contributed by atoms with van der Waals surface area (Å²) in [6.45, 7) is 1.91. The second-order valence-electron chi connectivity index (χ2n) is 8.52. The van der Waals surface area contributed by atoms with Gasteiger partial charge in [0.1, 0.15) is 17.7 Å². The molecule has 6 N–H and O–H groups in total. The second kappa shape index (κ2) is 14.0. The Bertz CT molecular complexity index is 1050. The van der Waals surface area contributed by atoms with Gasteiger partial charge in [-0.15, -0.1) is 5.10 Å². The molecule has 10 nitrogen and oxygen atoms in total. The first-order chi connectivity index (χ1) is 16.7. The van der Waals surface area contributed by atoms with E-state index in [1.54, 1.807) is 6.08 Å². The maximum Gasteiger partial charge on any atom is 0.231 e. The number of aromatic nitrogens is 4. The topological polar surface area (TPSA) is 154 Å². The number of pyridine rings is 1. The highest BCUT2D eigenvalue weighted by molar-refractivity contribution is 5.79. The summed E-state index contributed by atoms with van der Waals surface area (Å²) >= 11 is 0. The number of carbonyl (C=O) groups is 2. The number of rotatable bonds is 11. The van der Waals surface area contributed by atoms with Crippen molar-refractivity contribution in [1.82, 2.24) is 30.6 Å². The summed E-state index contributed by atoms with van der Waals surface area (Å²) in [5.74, 6) is 0.469. The number of nitrogens with two attached hydrogens (primary N) is 2. The van der Waals surface area contributed by atoms with Crippen LogP contribution in [0, 0.1) is 6.92 Å². The van der Waals surface area contributed by atoms with Crippen LogP contribution in [-0.2, 0) is 17.8 Å². The fraction of sp³-hybridized carbons (Fsp3) is 0.458. The molecule has 0 bridgehead atoms. The molecule has 1 aliphatic carbocycles. The molecule has 1 unspecified atom stereocenters. The van der Waals surface area contributed by atoms with Crippen LogP contribution in [0.15, 0.2) is 42.0 Å². The molecule has 1 aliphatic rings. The smallest absolute Gasteiger partial charge is 0.231 e. The summed E-state index contributed by atoms with van der Waals surface area (Å²) < 4.78 is 15.4. The van der Waals surface area contributed by atoms with Gasteiger partial charge in [-0.3, -0.25) is 14.6 Å². The number of halogens is 1. The molecule has 0 spiro atoms. The molecule has 0 aromatic carbocycles. The van der Waals surface area contributed by atoms with Crippen molar-refractivity contribution < 1.29 is 14.0 Å². The zero-order chi connectivity index (χ0) is 25.8. The number of hydrogen-bond donors (Lipinski definition) is 4. The molecule has 2 heterocycles. The van der Waals surface area contributed by atoms with Crippen LogP contribution in [0.2, 0.25) is 0 Å². The van der Waals surface area contributed by atoms with Gasteiger partial charge in [-0.05, 0) is 82.5 Å². The molecule has 3 rings (SSSR count). The van der Waals surface area contributed by atoms with Crippen LogP contribution < -0.4 is 22.1 Å². The molecule has 2 aromatic rings. The molecule has 0 saturated heterocycles. The van der Waals surface area contributed by atoms with Gasteiger partial charge >= 0.3 is 0 Å². The first-order valence-corrected chi connectivity index (χ1v) is 11.5.